The first-order valence-electron chi connectivity index (χ1n) is 5.86. The van der Waals surface area contributed by atoms with Crippen molar-refractivity contribution < 1.29 is 4.79 Å². The number of carbonyl (C=O) groups excluding carboxylic acids is 1. The lowest BCUT2D eigenvalue weighted by atomic mass is 9.68. The van der Waals surface area contributed by atoms with Crippen LogP contribution in [-0.4, -0.2) is 5.78 Å². The van der Waals surface area contributed by atoms with Gasteiger partial charge in [-0.3, -0.25) is 4.79 Å². The quantitative estimate of drug-likeness (QED) is 0.623. The molecule has 1 aliphatic rings. The van der Waals surface area contributed by atoms with Crippen LogP contribution in [-0.2, 0) is 4.79 Å². The number of hydrogen-bond donors (Lipinski definition) is 0. The molecule has 2 atom stereocenters. The van der Waals surface area contributed by atoms with Gasteiger partial charge in [0.2, 0.25) is 0 Å². The molecule has 1 rings (SSSR count). The Kier molecular flexibility index (Phi) is 4.31. The Labute approximate surface area is 93.3 Å². The third-order valence-electron chi connectivity index (χ3n) is 3.73. The van der Waals surface area contributed by atoms with E-state index in [0.717, 1.165) is 12.8 Å². The lowest BCUT2D eigenvalue weighted by molar-refractivity contribution is -0.120. The number of hydrogen-bond acceptors (Lipinski definition) is 1. The lowest BCUT2D eigenvalue weighted by Crippen LogP contribution is -2.28. The van der Waals surface area contributed by atoms with Crippen LogP contribution in [0.2, 0.25) is 0 Å². The van der Waals surface area contributed by atoms with Gasteiger partial charge in [-0.25, -0.2) is 0 Å². The molecule has 15 heavy (non-hydrogen) atoms. The lowest BCUT2D eigenvalue weighted by Gasteiger charge is -2.36. The standard InChI is InChI=1S/C14H22O/c1-4-8-13(15)11-12(2)14(3)9-6-5-7-10-14/h4-6,12H,1,7-11H2,2-3H3. The zero-order valence-electron chi connectivity index (χ0n) is 9.96. The molecule has 2 unspecified atom stereocenters. The monoisotopic (exact) mass is 206 g/mol. The number of Topliss-reactive ketones (excluding diaryl/α,β-unsaturated/α-hetero) is 1. The third kappa shape index (κ3) is 3.33. The Morgan fingerprint density at radius 2 is 2.33 bits per heavy atom. The van der Waals surface area contributed by atoms with Gasteiger partial charge in [0.15, 0.2) is 0 Å². The molecule has 0 aliphatic heterocycles. The van der Waals surface area contributed by atoms with Crippen molar-refractivity contribution in [2.24, 2.45) is 11.3 Å². The molecule has 1 nitrogen and oxygen atoms in total. The Balaban J connectivity index is 2.51. The zero-order valence-corrected chi connectivity index (χ0v) is 9.96. The number of allylic oxidation sites excluding steroid dienone is 3. The highest BCUT2D eigenvalue weighted by molar-refractivity contribution is 5.80. The third-order valence-corrected chi connectivity index (χ3v) is 3.73. The molecule has 0 aromatic carbocycles. The summed E-state index contributed by atoms with van der Waals surface area (Å²) in [6.45, 7) is 8.12. The fourth-order valence-electron chi connectivity index (χ4n) is 2.27. The van der Waals surface area contributed by atoms with Crippen LogP contribution < -0.4 is 0 Å². The van der Waals surface area contributed by atoms with E-state index in [1.54, 1.807) is 6.08 Å². The minimum Gasteiger partial charge on any atom is -0.299 e. The SMILES string of the molecule is C=CCC(=O)CC(C)C1(C)CC=CCC1. The molecule has 0 spiro atoms. The van der Waals surface area contributed by atoms with Crippen LogP contribution in [0.1, 0.15) is 46.0 Å². The summed E-state index contributed by atoms with van der Waals surface area (Å²) in [7, 11) is 0. The van der Waals surface area contributed by atoms with Crippen LogP contribution in [0.25, 0.3) is 0 Å². The van der Waals surface area contributed by atoms with Crippen molar-refractivity contribution in [3.05, 3.63) is 24.8 Å². The summed E-state index contributed by atoms with van der Waals surface area (Å²) >= 11 is 0. The number of carbonyl (C=O) groups is 1. The minimum absolute atomic E-state index is 0.325. The van der Waals surface area contributed by atoms with Crippen molar-refractivity contribution in [1.82, 2.24) is 0 Å². The maximum Gasteiger partial charge on any atom is 0.136 e. The maximum absolute atomic E-state index is 11.5. The van der Waals surface area contributed by atoms with Gasteiger partial charge in [-0.15, -0.1) is 6.58 Å². The van der Waals surface area contributed by atoms with Crippen LogP contribution >= 0.6 is 0 Å². The zero-order chi connectivity index (χ0) is 11.3. The van der Waals surface area contributed by atoms with E-state index in [0.29, 0.717) is 30.0 Å². The van der Waals surface area contributed by atoms with E-state index < -0.39 is 0 Å². The molecule has 0 saturated heterocycles. The topological polar surface area (TPSA) is 17.1 Å². The molecule has 0 amide bonds. The van der Waals surface area contributed by atoms with Crippen LogP contribution in [0.3, 0.4) is 0 Å². The van der Waals surface area contributed by atoms with Crippen molar-refractivity contribution >= 4 is 5.78 Å². The maximum atomic E-state index is 11.5. The average molecular weight is 206 g/mol. The van der Waals surface area contributed by atoms with E-state index in [2.05, 4.69) is 32.6 Å². The molecule has 0 aromatic rings. The largest absolute Gasteiger partial charge is 0.299 e. The Morgan fingerprint density at radius 3 is 2.87 bits per heavy atom. The fourth-order valence-corrected chi connectivity index (χ4v) is 2.27. The molecule has 1 heteroatoms. The first kappa shape index (κ1) is 12.2. The summed E-state index contributed by atoms with van der Waals surface area (Å²) in [4.78, 5) is 11.5. The van der Waals surface area contributed by atoms with Gasteiger partial charge in [0.05, 0.1) is 0 Å². The Morgan fingerprint density at radius 1 is 1.60 bits per heavy atom. The summed E-state index contributed by atoms with van der Waals surface area (Å²) in [6.07, 6.45) is 10.9. The van der Waals surface area contributed by atoms with E-state index in [9.17, 15) is 4.79 Å². The second-order valence-corrected chi connectivity index (χ2v) is 5.00. The average Bonchev–Trinajstić information content (AvgIpc) is 2.19. The molecule has 0 heterocycles. The van der Waals surface area contributed by atoms with Crippen molar-refractivity contribution in [3.63, 3.8) is 0 Å². The van der Waals surface area contributed by atoms with Gasteiger partial charge in [-0.2, -0.15) is 0 Å². The van der Waals surface area contributed by atoms with Gasteiger partial charge in [-0.05, 0) is 30.6 Å². The molecule has 0 radical (unpaired) electrons. The first-order valence-corrected chi connectivity index (χ1v) is 5.86. The molecule has 0 aromatic heterocycles. The van der Waals surface area contributed by atoms with Gasteiger partial charge < -0.3 is 0 Å². The molecule has 1 aliphatic carbocycles. The van der Waals surface area contributed by atoms with Crippen LogP contribution in [0.5, 0.6) is 0 Å². The number of rotatable bonds is 5. The summed E-state index contributed by atoms with van der Waals surface area (Å²) in [6, 6.07) is 0. The van der Waals surface area contributed by atoms with E-state index >= 15 is 0 Å². The van der Waals surface area contributed by atoms with Gasteiger partial charge in [0, 0.05) is 12.8 Å². The highest BCUT2D eigenvalue weighted by atomic mass is 16.1. The van der Waals surface area contributed by atoms with E-state index in [1.807, 2.05) is 0 Å². The second kappa shape index (κ2) is 5.29. The van der Waals surface area contributed by atoms with Crippen LogP contribution in [0.4, 0.5) is 0 Å². The highest BCUT2D eigenvalue weighted by Crippen LogP contribution is 2.41. The first-order chi connectivity index (χ1) is 7.08. The smallest absolute Gasteiger partial charge is 0.136 e. The van der Waals surface area contributed by atoms with Crippen molar-refractivity contribution in [2.45, 2.75) is 46.0 Å². The van der Waals surface area contributed by atoms with E-state index in [-0.39, 0.29) is 0 Å². The Bertz CT molecular complexity index is 265. The highest BCUT2D eigenvalue weighted by Gasteiger charge is 2.31. The predicted molar refractivity (Wildman–Crippen MR) is 64.7 cm³/mol. The summed E-state index contributed by atoms with van der Waals surface area (Å²) in [5, 5.41) is 0. The summed E-state index contributed by atoms with van der Waals surface area (Å²) < 4.78 is 0. The number of ketones is 1. The molecule has 0 saturated carbocycles. The van der Waals surface area contributed by atoms with E-state index in [4.69, 9.17) is 0 Å². The molecule has 84 valence electrons. The van der Waals surface area contributed by atoms with Gasteiger partial charge in [0.1, 0.15) is 5.78 Å². The van der Waals surface area contributed by atoms with Crippen molar-refractivity contribution in [2.75, 3.05) is 0 Å². The van der Waals surface area contributed by atoms with E-state index in [1.165, 1.54) is 6.42 Å². The molecule has 0 N–H and O–H groups in total. The summed E-state index contributed by atoms with van der Waals surface area (Å²) in [5.74, 6) is 0.808. The predicted octanol–water partition coefficient (Wildman–Crippen LogP) is 3.90. The van der Waals surface area contributed by atoms with Gasteiger partial charge >= 0.3 is 0 Å². The Hall–Kier alpha value is -0.850. The van der Waals surface area contributed by atoms with Crippen molar-refractivity contribution in [1.29, 1.82) is 0 Å². The van der Waals surface area contributed by atoms with Gasteiger partial charge in [0.25, 0.3) is 0 Å². The van der Waals surface area contributed by atoms with Crippen LogP contribution in [0.15, 0.2) is 24.8 Å². The molecular formula is C14H22O. The van der Waals surface area contributed by atoms with Crippen molar-refractivity contribution in [3.8, 4) is 0 Å². The van der Waals surface area contributed by atoms with Crippen LogP contribution in [0, 0.1) is 11.3 Å². The molecular weight excluding hydrogens is 184 g/mol. The molecule has 0 bridgehead atoms. The normalized spacial score (nSPS) is 27.3. The summed E-state index contributed by atoms with van der Waals surface area (Å²) in [5.41, 5.74) is 0.325. The molecule has 0 fully saturated rings. The van der Waals surface area contributed by atoms with Gasteiger partial charge in [-0.1, -0.05) is 32.1 Å². The second-order valence-electron chi connectivity index (χ2n) is 5.00. The minimum atomic E-state index is 0.325. The fraction of sp³-hybridized carbons (Fsp3) is 0.643.